The maximum Gasteiger partial charge on any atom is 0.252 e. The number of benzene rings is 9. The average molecular weight is 1230 g/mol. The molecule has 0 bridgehead atoms. The van der Waals surface area contributed by atoms with Gasteiger partial charge in [-0.1, -0.05) is 232 Å². The second kappa shape index (κ2) is 20.0. The number of thiophene rings is 1. The van der Waals surface area contributed by atoms with Crippen LogP contribution < -0.4 is 36.0 Å². The zero-order valence-corrected chi connectivity index (χ0v) is 58.5. The Labute approximate surface area is 553 Å². The van der Waals surface area contributed by atoms with Gasteiger partial charge in [0.1, 0.15) is 0 Å². The molecule has 5 heterocycles. The molecule has 92 heavy (non-hydrogen) atoms. The third-order valence-corrected chi connectivity index (χ3v) is 25.4. The van der Waals surface area contributed by atoms with Crippen LogP contribution in [0, 0.1) is 0 Å². The summed E-state index contributed by atoms with van der Waals surface area (Å²) in [7, 11) is 0. The summed E-state index contributed by atoms with van der Waals surface area (Å²) >= 11 is 1.95. The van der Waals surface area contributed by atoms with E-state index in [2.05, 4.69) is 306 Å². The highest BCUT2D eigenvalue weighted by molar-refractivity contribution is 7.26. The van der Waals surface area contributed by atoms with Crippen LogP contribution in [-0.4, -0.2) is 17.8 Å². The Morgan fingerprint density at radius 2 is 0.848 bits per heavy atom. The minimum absolute atomic E-state index is 0.00846. The molecule has 10 aromatic rings. The van der Waals surface area contributed by atoms with Crippen LogP contribution in [0.4, 0.5) is 56.9 Å². The molecule has 1 aromatic heterocycles. The molecular formula is C86H93BN4S. The first-order valence-corrected chi connectivity index (χ1v) is 35.5. The molecule has 4 aliphatic heterocycles. The topological polar surface area (TPSA) is 13.0 Å². The lowest BCUT2D eigenvalue weighted by molar-refractivity contribution is 0.195. The predicted octanol–water partition coefficient (Wildman–Crippen LogP) is 22.5. The molecule has 9 aromatic carbocycles. The summed E-state index contributed by atoms with van der Waals surface area (Å²) in [6, 6.07) is 70.8. The number of hydrogen-bond acceptors (Lipinski definition) is 5. The highest BCUT2D eigenvalue weighted by atomic mass is 32.1. The van der Waals surface area contributed by atoms with Gasteiger partial charge in [0.25, 0.3) is 6.71 Å². The molecule has 0 spiro atoms. The van der Waals surface area contributed by atoms with Crippen molar-refractivity contribution in [3.63, 3.8) is 0 Å². The Morgan fingerprint density at radius 1 is 0.370 bits per heavy atom. The molecule has 2 saturated carbocycles. The third kappa shape index (κ3) is 8.45. The first kappa shape index (κ1) is 59.5. The Balaban J connectivity index is 1.05. The Kier molecular flexibility index (Phi) is 12.9. The summed E-state index contributed by atoms with van der Waals surface area (Å²) < 4.78 is 2.63. The van der Waals surface area contributed by atoms with Crippen LogP contribution in [0.5, 0.6) is 0 Å². The van der Waals surface area contributed by atoms with Gasteiger partial charge in [0.15, 0.2) is 0 Å². The van der Waals surface area contributed by atoms with Gasteiger partial charge >= 0.3 is 0 Å². The SMILES string of the molecule is CC(C)(C)c1ccc2c(c1)B1c3ccc(N4c5ccc(C(C)(C)C)cc5C5(C)CCCCC45C)cc3N(c3cccc4c3sc3ccccc34)c3cc(N4c5ccc(C(C)(C)C)cc5C5(C)CCCCC45C)cc(c31)N2c1ccc(C(C)(C)C)cc1-c1ccccc1. The van der Waals surface area contributed by atoms with Crippen LogP contribution >= 0.6 is 11.3 Å². The summed E-state index contributed by atoms with van der Waals surface area (Å²) in [4.78, 5) is 11.2. The molecule has 4 nitrogen and oxygen atoms in total. The Hall–Kier alpha value is -7.54. The summed E-state index contributed by atoms with van der Waals surface area (Å²) in [5, 5.41) is 2.62. The fraction of sp³-hybridized carbons (Fsp3) is 0.372. The van der Waals surface area contributed by atoms with E-state index in [1.54, 1.807) is 0 Å². The van der Waals surface area contributed by atoms with Gasteiger partial charge in [-0.15, -0.1) is 11.3 Å². The van der Waals surface area contributed by atoms with Crippen molar-refractivity contribution in [2.24, 2.45) is 0 Å². The number of nitrogens with zero attached hydrogens (tertiary/aromatic N) is 4. The van der Waals surface area contributed by atoms with Gasteiger partial charge in [-0.3, -0.25) is 0 Å². The third-order valence-electron chi connectivity index (χ3n) is 24.2. The molecule has 4 unspecified atom stereocenters. The maximum absolute atomic E-state index is 2.87. The fourth-order valence-electron chi connectivity index (χ4n) is 18.4. The van der Waals surface area contributed by atoms with Gasteiger partial charge in [-0.2, -0.15) is 0 Å². The van der Waals surface area contributed by atoms with E-state index in [1.165, 1.54) is 170 Å². The molecule has 6 heteroatoms. The van der Waals surface area contributed by atoms with Crippen molar-refractivity contribution in [2.75, 3.05) is 19.6 Å². The number of hydrogen-bond donors (Lipinski definition) is 0. The van der Waals surface area contributed by atoms with Crippen molar-refractivity contribution in [2.45, 2.75) is 206 Å². The fourth-order valence-corrected chi connectivity index (χ4v) is 19.6. The van der Waals surface area contributed by atoms with E-state index in [1.807, 2.05) is 11.3 Å². The van der Waals surface area contributed by atoms with Crippen LogP contribution in [-0.2, 0) is 32.5 Å². The minimum atomic E-state index is -0.207. The van der Waals surface area contributed by atoms with E-state index in [0.717, 1.165) is 19.3 Å². The predicted molar refractivity (Wildman–Crippen MR) is 399 cm³/mol. The van der Waals surface area contributed by atoms with Gasteiger partial charge in [0.05, 0.1) is 27.2 Å². The lowest BCUT2D eigenvalue weighted by Crippen LogP contribution is -2.62. The summed E-state index contributed by atoms with van der Waals surface area (Å²) in [5.74, 6) is 0. The molecular weight excluding hydrogens is 1130 g/mol. The van der Waals surface area contributed by atoms with Crippen molar-refractivity contribution in [3.8, 4) is 11.1 Å². The largest absolute Gasteiger partial charge is 0.334 e. The molecule has 4 atom stereocenters. The summed E-state index contributed by atoms with van der Waals surface area (Å²) in [5.41, 5.74) is 27.2. The Morgan fingerprint density at radius 3 is 1.43 bits per heavy atom. The smallest absolute Gasteiger partial charge is 0.252 e. The van der Waals surface area contributed by atoms with E-state index in [0.29, 0.717) is 0 Å². The molecule has 466 valence electrons. The first-order valence-electron chi connectivity index (χ1n) is 34.7. The minimum Gasteiger partial charge on any atom is -0.334 e. The maximum atomic E-state index is 2.87. The highest BCUT2D eigenvalue weighted by Gasteiger charge is 2.60. The lowest BCUT2D eigenvalue weighted by Gasteiger charge is -2.51. The van der Waals surface area contributed by atoms with Gasteiger partial charge in [-0.25, -0.2) is 0 Å². The van der Waals surface area contributed by atoms with Gasteiger partial charge in [-0.05, 0) is 183 Å². The van der Waals surface area contributed by atoms with E-state index in [9.17, 15) is 0 Å². The molecule has 0 N–H and O–H groups in total. The van der Waals surface area contributed by atoms with Crippen molar-refractivity contribution in [1.82, 2.24) is 0 Å². The van der Waals surface area contributed by atoms with E-state index >= 15 is 0 Å². The monoisotopic (exact) mass is 1220 g/mol. The van der Waals surface area contributed by atoms with Crippen molar-refractivity contribution in [1.29, 1.82) is 0 Å². The van der Waals surface area contributed by atoms with Crippen molar-refractivity contribution >= 4 is 111 Å². The van der Waals surface area contributed by atoms with Gasteiger partial charge in [0, 0.05) is 77.4 Å². The first-order chi connectivity index (χ1) is 43.6. The molecule has 0 radical (unpaired) electrons. The van der Waals surface area contributed by atoms with Crippen molar-refractivity contribution in [3.05, 3.63) is 209 Å². The highest BCUT2D eigenvalue weighted by Crippen LogP contribution is 2.65. The second-order valence-corrected chi connectivity index (χ2v) is 34.7. The van der Waals surface area contributed by atoms with Crippen LogP contribution in [0.15, 0.2) is 176 Å². The zero-order chi connectivity index (χ0) is 64.2. The molecule has 0 amide bonds. The average Bonchev–Trinajstić information content (AvgIpc) is 0.865. The normalized spacial score (nSPS) is 22.5. The van der Waals surface area contributed by atoms with Crippen molar-refractivity contribution < 1.29 is 0 Å². The number of anilines is 10. The quantitative estimate of drug-likeness (QED) is 0.159. The van der Waals surface area contributed by atoms with E-state index in [4.69, 9.17) is 0 Å². The summed E-state index contributed by atoms with van der Waals surface area (Å²) in [6.07, 6.45) is 9.47. The second-order valence-electron chi connectivity index (χ2n) is 33.6. The lowest BCUT2D eigenvalue weighted by atomic mass is 9.33. The van der Waals surface area contributed by atoms with Gasteiger partial charge < -0.3 is 19.6 Å². The van der Waals surface area contributed by atoms with E-state index < -0.39 is 0 Å². The van der Waals surface area contributed by atoms with Gasteiger partial charge in [0.2, 0.25) is 0 Å². The molecule has 6 aliphatic rings. The van der Waals surface area contributed by atoms with Crippen LogP contribution in [0.3, 0.4) is 0 Å². The molecule has 16 rings (SSSR count). The molecule has 0 saturated heterocycles. The summed E-state index contributed by atoms with van der Waals surface area (Å²) in [6.45, 7) is 38.9. The number of fused-ring (bicyclic) bond motifs is 13. The standard InChI is InChI=1S/C86H93BN4S/c1-79(2,3)55-33-39-68(63(47-55)54-27-18-17-19-28-54)88-71-42-36-58(82(10,11)12)50-67(71)87-66-38-37-59(90-69-40-34-56(80(4,5)6)48-64(69)83(13)43-22-24-45-85(83,90)15)51-73(66)89(72-31-26-30-62-61-29-20-21-32-76(61)92-78(62)72)75-53-60(52-74(88)77(75)87)91-70-41-35-57(81(7,8)9)49-65(70)84(14)44-23-25-46-86(84,91)16/h17-21,26-42,47-53H,22-25,43-46H2,1-16H3. The molecule has 2 aliphatic carbocycles. The van der Waals surface area contributed by atoms with E-state index in [-0.39, 0.29) is 50.3 Å². The Bertz CT molecular complexity index is 4700. The molecule has 2 fully saturated rings. The number of rotatable bonds is 5. The van der Waals surface area contributed by atoms with Crippen LogP contribution in [0.2, 0.25) is 0 Å². The van der Waals surface area contributed by atoms with Crippen LogP contribution in [0.25, 0.3) is 31.3 Å². The van der Waals surface area contributed by atoms with Crippen LogP contribution in [0.1, 0.15) is 196 Å². The zero-order valence-electron chi connectivity index (χ0n) is 57.7.